The van der Waals surface area contributed by atoms with E-state index in [9.17, 15) is 4.79 Å². The van der Waals surface area contributed by atoms with Gasteiger partial charge in [0.15, 0.2) is 11.5 Å². The first-order chi connectivity index (χ1) is 13.6. The summed E-state index contributed by atoms with van der Waals surface area (Å²) in [6.07, 6.45) is 0.131. The highest BCUT2D eigenvalue weighted by Crippen LogP contribution is 2.31. The van der Waals surface area contributed by atoms with Crippen LogP contribution in [-0.2, 0) is 22.6 Å². The van der Waals surface area contributed by atoms with Gasteiger partial charge < -0.3 is 18.9 Å². The number of methoxy groups -OCH3 is 1. The Hall–Kier alpha value is -2.99. The molecule has 6 nitrogen and oxygen atoms in total. The van der Waals surface area contributed by atoms with E-state index in [-0.39, 0.29) is 19.0 Å². The second-order valence-electron chi connectivity index (χ2n) is 6.31. The van der Waals surface area contributed by atoms with Crippen LogP contribution in [0.1, 0.15) is 11.1 Å². The van der Waals surface area contributed by atoms with Gasteiger partial charge in [-0.15, -0.1) is 0 Å². The molecule has 2 aromatic carbocycles. The first kappa shape index (κ1) is 18.4. The van der Waals surface area contributed by atoms with E-state index in [1.54, 1.807) is 25.3 Å². The van der Waals surface area contributed by atoms with Crippen molar-refractivity contribution in [2.75, 3.05) is 20.3 Å². The van der Waals surface area contributed by atoms with E-state index in [2.05, 4.69) is 4.98 Å². The standard InChI is InChI=1S/C21H18ClNO5/c1-25-16-4-3-14-10-15(21(22)23-17(14)11-16)12-28-20(24)9-13-2-5-18-19(8-13)27-7-6-26-18/h2-5,8,10-11H,6-7,9,12H2,1H3. The van der Waals surface area contributed by atoms with E-state index < -0.39 is 0 Å². The maximum atomic E-state index is 12.2. The van der Waals surface area contributed by atoms with Gasteiger partial charge in [-0.3, -0.25) is 4.79 Å². The van der Waals surface area contributed by atoms with Gasteiger partial charge >= 0.3 is 5.97 Å². The summed E-state index contributed by atoms with van der Waals surface area (Å²) in [5.74, 6) is 1.68. The van der Waals surface area contributed by atoms with Crippen molar-refractivity contribution in [3.63, 3.8) is 0 Å². The SMILES string of the molecule is COc1ccc2cc(COC(=O)Cc3ccc4c(c3)OCCO4)c(Cl)nc2c1. The van der Waals surface area contributed by atoms with Crippen LogP contribution in [0.2, 0.25) is 5.15 Å². The van der Waals surface area contributed by atoms with Crippen LogP contribution < -0.4 is 14.2 Å². The van der Waals surface area contributed by atoms with E-state index in [0.29, 0.717) is 41.2 Å². The van der Waals surface area contributed by atoms with Crippen LogP contribution in [0.5, 0.6) is 17.2 Å². The smallest absolute Gasteiger partial charge is 0.310 e. The molecule has 0 atom stereocenters. The van der Waals surface area contributed by atoms with Gasteiger partial charge in [0.05, 0.1) is 19.0 Å². The van der Waals surface area contributed by atoms with Gasteiger partial charge in [-0.25, -0.2) is 4.98 Å². The molecule has 28 heavy (non-hydrogen) atoms. The highest BCUT2D eigenvalue weighted by Gasteiger charge is 2.14. The minimum Gasteiger partial charge on any atom is -0.497 e. The van der Waals surface area contributed by atoms with Crippen LogP contribution in [0.4, 0.5) is 0 Å². The molecule has 1 aliphatic rings. The van der Waals surface area contributed by atoms with Crippen LogP contribution >= 0.6 is 11.6 Å². The predicted octanol–water partition coefficient (Wildman–Crippen LogP) is 3.95. The monoisotopic (exact) mass is 399 g/mol. The van der Waals surface area contributed by atoms with Gasteiger partial charge in [0, 0.05) is 17.0 Å². The van der Waals surface area contributed by atoms with Gasteiger partial charge in [0.25, 0.3) is 0 Å². The fourth-order valence-corrected chi connectivity index (χ4v) is 3.17. The molecule has 0 spiro atoms. The summed E-state index contributed by atoms with van der Waals surface area (Å²) in [5.41, 5.74) is 2.16. The molecule has 0 aliphatic carbocycles. The topological polar surface area (TPSA) is 66.9 Å². The third kappa shape index (κ3) is 3.97. The third-order valence-corrected chi connectivity index (χ3v) is 4.72. The fourth-order valence-electron chi connectivity index (χ4n) is 2.97. The Balaban J connectivity index is 1.42. The molecule has 0 bridgehead atoms. The molecular formula is C21H18ClNO5. The molecule has 4 rings (SSSR count). The van der Waals surface area contributed by atoms with Crippen molar-refractivity contribution in [1.82, 2.24) is 4.98 Å². The predicted molar refractivity (Wildman–Crippen MR) is 104 cm³/mol. The zero-order chi connectivity index (χ0) is 19.5. The van der Waals surface area contributed by atoms with Gasteiger partial charge in [0.1, 0.15) is 30.7 Å². The van der Waals surface area contributed by atoms with Gasteiger partial charge in [-0.05, 0) is 35.9 Å². The number of pyridine rings is 1. The number of benzene rings is 2. The number of aromatic nitrogens is 1. The van der Waals surface area contributed by atoms with Crippen molar-refractivity contribution < 1.29 is 23.7 Å². The van der Waals surface area contributed by atoms with Crippen LogP contribution in [0.25, 0.3) is 10.9 Å². The Morgan fingerprint density at radius 1 is 1.11 bits per heavy atom. The van der Waals surface area contributed by atoms with Gasteiger partial charge in [0.2, 0.25) is 0 Å². The molecule has 2 heterocycles. The Morgan fingerprint density at radius 2 is 1.93 bits per heavy atom. The van der Waals surface area contributed by atoms with Crippen LogP contribution in [0.15, 0.2) is 42.5 Å². The van der Waals surface area contributed by atoms with Crippen molar-refractivity contribution in [2.24, 2.45) is 0 Å². The number of carbonyl (C=O) groups is 1. The molecule has 0 saturated heterocycles. The number of esters is 1. The van der Waals surface area contributed by atoms with Crippen molar-refractivity contribution >= 4 is 28.5 Å². The minimum absolute atomic E-state index is 0.0528. The quantitative estimate of drug-likeness (QED) is 0.478. The van der Waals surface area contributed by atoms with E-state index >= 15 is 0 Å². The van der Waals surface area contributed by atoms with Crippen LogP contribution in [0, 0.1) is 0 Å². The molecule has 1 aromatic heterocycles. The lowest BCUT2D eigenvalue weighted by molar-refractivity contribution is -0.144. The fraction of sp³-hybridized carbons (Fsp3) is 0.238. The number of carbonyl (C=O) groups excluding carboxylic acids is 1. The zero-order valence-corrected chi connectivity index (χ0v) is 16.0. The molecule has 1 aliphatic heterocycles. The second-order valence-corrected chi connectivity index (χ2v) is 6.67. The lowest BCUT2D eigenvalue weighted by atomic mass is 10.1. The van der Waals surface area contributed by atoms with Crippen LogP contribution in [0.3, 0.4) is 0 Å². The molecular weight excluding hydrogens is 382 g/mol. The molecule has 0 fully saturated rings. The highest BCUT2D eigenvalue weighted by atomic mass is 35.5. The molecule has 0 unspecified atom stereocenters. The summed E-state index contributed by atoms with van der Waals surface area (Å²) in [5, 5.41) is 1.19. The Morgan fingerprint density at radius 3 is 2.75 bits per heavy atom. The lowest BCUT2D eigenvalue weighted by Gasteiger charge is -2.18. The van der Waals surface area contributed by atoms with E-state index in [1.165, 1.54) is 0 Å². The summed E-state index contributed by atoms with van der Waals surface area (Å²) in [6, 6.07) is 12.8. The van der Waals surface area contributed by atoms with E-state index in [4.69, 9.17) is 30.5 Å². The molecule has 7 heteroatoms. The van der Waals surface area contributed by atoms with Crippen molar-refractivity contribution in [2.45, 2.75) is 13.0 Å². The maximum absolute atomic E-state index is 12.2. The average Bonchev–Trinajstić information content (AvgIpc) is 2.71. The first-order valence-electron chi connectivity index (χ1n) is 8.80. The number of nitrogens with zero attached hydrogens (tertiary/aromatic N) is 1. The largest absolute Gasteiger partial charge is 0.497 e. The van der Waals surface area contributed by atoms with Gasteiger partial charge in [-0.2, -0.15) is 0 Å². The third-order valence-electron chi connectivity index (χ3n) is 4.39. The Labute approximate surface area is 166 Å². The van der Waals surface area contributed by atoms with E-state index in [0.717, 1.165) is 16.5 Å². The summed E-state index contributed by atoms with van der Waals surface area (Å²) >= 11 is 6.25. The van der Waals surface area contributed by atoms with Crippen molar-refractivity contribution in [3.8, 4) is 17.2 Å². The molecule has 0 saturated carbocycles. The molecule has 0 amide bonds. The summed E-state index contributed by atoms with van der Waals surface area (Å²) in [6.45, 7) is 1.08. The number of rotatable bonds is 5. The number of ether oxygens (including phenoxy) is 4. The summed E-state index contributed by atoms with van der Waals surface area (Å²) in [4.78, 5) is 16.6. The second kappa shape index (κ2) is 7.94. The zero-order valence-electron chi connectivity index (χ0n) is 15.2. The number of halogens is 1. The Bertz CT molecular complexity index is 1040. The molecule has 0 N–H and O–H groups in total. The molecule has 144 valence electrons. The van der Waals surface area contributed by atoms with E-state index in [1.807, 2.05) is 24.3 Å². The maximum Gasteiger partial charge on any atom is 0.310 e. The van der Waals surface area contributed by atoms with Crippen molar-refractivity contribution in [3.05, 3.63) is 58.7 Å². The molecule has 3 aromatic rings. The first-order valence-corrected chi connectivity index (χ1v) is 9.17. The number of hydrogen-bond donors (Lipinski definition) is 0. The summed E-state index contributed by atoms with van der Waals surface area (Å²) in [7, 11) is 1.60. The number of fused-ring (bicyclic) bond motifs is 2. The lowest BCUT2D eigenvalue weighted by Crippen LogP contribution is -2.16. The number of hydrogen-bond acceptors (Lipinski definition) is 6. The average molecular weight is 400 g/mol. The highest BCUT2D eigenvalue weighted by molar-refractivity contribution is 6.30. The Kier molecular flexibility index (Phi) is 5.21. The summed E-state index contributed by atoms with van der Waals surface area (Å²) < 4.78 is 21.6. The normalized spacial score (nSPS) is 12.6. The van der Waals surface area contributed by atoms with Crippen molar-refractivity contribution in [1.29, 1.82) is 0 Å². The van der Waals surface area contributed by atoms with Crippen LogP contribution in [-0.4, -0.2) is 31.3 Å². The molecule has 0 radical (unpaired) electrons. The minimum atomic E-state index is -0.359. The van der Waals surface area contributed by atoms with Gasteiger partial charge in [-0.1, -0.05) is 17.7 Å².